The molecule has 1 aliphatic heterocycles. The molecule has 0 saturated carbocycles. The van der Waals surface area contributed by atoms with Crippen LogP contribution in [0.15, 0.2) is 42.5 Å². The fraction of sp³-hybridized carbons (Fsp3) is 0.389. The van der Waals surface area contributed by atoms with Gasteiger partial charge in [-0.05, 0) is 35.2 Å². The van der Waals surface area contributed by atoms with Gasteiger partial charge in [0.25, 0.3) is 0 Å². The van der Waals surface area contributed by atoms with Gasteiger partial charge in [0.2, 0.25) is 5.91 Å². The van der Waals surface area contributed by atoms with Gasteiger partial charge >= 0.3 is 0 Å². The van der Waals surface area contributed by atoms with Crippen molar-refractivity contribution in [1.29, 1.82) is 0 Å². The van der Waals surface area contributed by atoms with E-state index >= 15 is 0 Å². The number of aliphatic hydroxyl groups excluding tert-OH is 1. The lowest BCUT2D eigenvalue weighted by Crippen LogP contribution is -2.30. The van der Waals surface area contributed by atoms with Crippen LogP contribution in [0.2, 0.25) is 0 Å². The summed E-state index contributed by atoms with van der Waals surface area (Å²) in [4.78, 5) is 11.8. The van der Waals surface area contributed by atoms with E-state index in [-0.39, 0.29) is 18.6 Å². The summed E-state index contributed by atoms with van der Waals surface area (Å²) in [5, 5.41) is 15.3. The van der Waals surface area contributed by atoms with E-state index < -0.39 is 6.10 Å². The summed E-state index contributed by atoms with van der Waals surface area (Å²) in [5.41, 5.74) is 0.816. The van der Waals surface area contributed by atoms with Crippen LogP contribution in [0.1, 0.15) is 30.9 Å². The van der Waals surface area contributed by atoms with Gasteiger partial charge in [-0.25, -0.2) is 0 Å². The lowest BCUT2D eigenvalue weighted by Gasteiger charge is -2.14. The second kappa shape index (κ2) is 6.90. The Hall–Kier alpha value is -1.91. The van der Waals surface area contributed by atoms with Crippen LogP contribution in [0.4, 0.5) is 0 Å². The van der Waals surface area contributed by atoms with Crippen molar-refractivity contribution in [2.75, 3.05) is 13.2 Å². The minimum absolute atomic E-state index is 0.0396. The molecule has 2 aromatic rings. The normalized spacial score (nSPS) is 19.2. The van der Waals surface area contributed by atoms with Crippen LogP contribution < -0.4 is 5.32 Å². The molecule has 2 N–H and O–H groups in total. The first-order chi connectivity index (χ1) is 10.7. The van der Waals surface area contributed by atoms with Gasteiger partial charge in [-0.2, -0.15) is 0 Å². The van der Waals surface area contributed by atoms with Crippen LogP contribution in [0.5, 0.6) is 0 Å². The summed E-state index contributed by atoms with van der Waals surface area (Å²) in [6.45, 7) is 0.974. The third kappa shape index (κ3) is 3.64. The molecule has 4 heteroatoms. The highest BCUT2D eigenvalue weighted by atomic mass is 16.5. The summed E-state index contributed by atoms with van der Waals surface area (Å²) in [7, 11) is 0. The first-order valence-corrected chi connectivity index (χ1v) is 7.77. The van der Waals surface area contributed by atoms with Gasteiger partial charge in [0.1, 0.15) is 0 Å². The molecule has 0 unspecified atom stereocenters. The predicted octanol–water partition coefficient (Wildman–Crippen LogP) is 2.56. The van der Waals surface area contributed by atoms with Crippen molar-refractivity contribution in [3.05, 3.63) is 48.0 Å². The Morgan fingerprint density at radius 3 is 2.86 bits per heavy atom. The quantitative estimate of drug-likeness (QED) is 0.892. The van der Waals surface area contributed by atoms with Crippen molar-refractivity contribution < 1.29 is 14.6 Å². The van der Waals surface area contributed by atoms with Crippen molar-refractivity contribution >= 4 is 16.7 Å². The Morgan fingerprint density at radius 1 is 1.27 bits per heavy atom. The van der Waals surface area contributed by atoms with Gasteiger partial charge in [-0.15, -0.1) is 0 Å². The molecule has 4 nitrogen and oxygen atoms in total. The maximum Gasteiger partial charge on any atom is 0.222 e. The van der Waals surface area contributed by atoms with Crippen molar-refractivity contribution in [3.63, 3.8) is 0 Å². The highest BCUT2D eigenvalue weighted by Crippen LogP contribution is 2.20. The number of benzene rings is 2. The molecule has 0 aromatic heterocycles. The zero-order chi connectivity index (χ0) is 15.4. The first kappa shape index (κ1) is 15.0. The Kier molecular flexibility index (Phi) is 4.71. The van der Waals surface area contributed by atoms with E-state index in [1.54, 1.807) is 0 Å². The number of rotatable bonds is 5. The molecule has 1 fully saturated rings. The molecule has 1 aliphatic rings. The third-order valence-electron chi connectivity index (χ3n) is 4.09. The number of aliphatic hydroxyl groups is 1. The van der Waals surface area contributed by atoms with Crippen molar-refractivity contribution in [2.45, 2.75) is 31.5 Å². The van der Waals surface area contributed by atoms with E-state index in [1.165, 1.54) is 0 Å². The first-order valence-electron chi connectivity index (χ1n) is 7.77. The average Bonchev–Trinajstić information content (AvgIpc) is 3.05. The fourth-order valence-electron chi connectivity index (χ4n) is 2.83. The number of carbonyl (C=O) groups excluding carboxylic acids is 1. The van der Waals surface area contributed by atoms with Crippen LogP contribution >= 0.6 is 0 Å². The number of carbonyl (C=O) groups is 1. The Bertz CT molecular complexity index is 650. The highest BCUT2D eigenvalue weighted by molar-refractivity contribution is 5.83. The topological polar surface area (TPSA) is 58.6 Å². The molecule has 0 spiro atoms. The molecule has 2 atom stereocenters. The number of hydrogen-bond donors (Lipinski definition) is 2. The molecule has 0 aliphatic carbocycles. The SMILES string of the molecule is O=C(C[C@H]1CCCO1)NC[C@@H](O)c1ccc2ccccc2c1. The zero-order valence-corrected chi connectivity index (χ0v) is 12.5. The largest absolute Gasteiger partial charge is 0.387 e. The molecule has 1 saturated heterocycles. The lowest BCUT2D eigenvalue weighted by atomic mass is 10.0. The van der Waals surface area contributed by atoms with Gasteiger partial charge in [-0.1, -0.05) is 36.4 Å². The average molecular weight is 299 g/mol. The predicted molar refractivity (Wildman–Crippen MR) is 85.5 cm³/mol. The zero-order valence-electron chi connectivity index (χ0n) is 12.5. The summed E-state index contributed by atoms with van der Waals surface area (Å²) in [6.07, 6.45) is 1.69. The minimum atomic E-state index is -0.696. The molecule has 116 valence electrons. The summed E-state index contributed by atoms with van der Waals surface area (Å²) >= 11 is 0. The van der Waals surface area contributed by atoms with Gasteiger partial charge in [-0.3, -0.25) is 4.79 Å². The smallest absolute Gasteiger partial charge is 0.222 e. The molecule has 2 aromatic carbocycles. The van der Waals surface area contributed by atoms with E-state index in [9.17, 15) is 9.90 Å². The second-order valence-electron chi connectivity index (χ2n) is 5.77. The summed E-state index contributed by atoms with van der Waals surface area (Å²) in [6, 6.07) is 13.9. The highest BCUT2D eigenvalue weighted by Gasteiger charge is 2.19. The van der Waals surface area contributed by atoms with Crippen LogP contribution in [0, 0.1) is 0 Å². The number of hydrogen-bond acceptors (Lipinski definition) is 3. The Labute approximate surface area is 130 Å². The van der Waals surface area contributed by atoms with E-state index in [2.05, 4.69) is 5.32 Å². The van der Waals surface area contributed by atoms with Crippen molar-refractivity contribution in [2.24, 2.45) is 0 Å². The fourth-order valence-corrected chi connectivity index (χ4v) is 2.83. The number of amides is 1. The minimum Gasteiger partial charge on any atom is -0.387 e. The second-order valence-corrected chi connectivity index (χ2v) is 5.77. The molecule has 1 amide bonds. The van der Waals surface area contributed by atoms with Crippen LogP contribution in [-0.2, 0) is 9.53 Å². The number of fused-ring (bicyclic) bond motifs is 1. The van der Waals surface area contributed by atoms with E-state index in [4.69, 9.17) is 4.74 Å². The standard InChI is InChI=1S/C18H21NO3/c20-17(12-19-18(21)11-16-6-3-9-22-16)15-8-7-13-4-1-2-5-14(13)10-15/h1-2,4-5,7-8,10,16-17,20H,3,6,9,11-12H2,(H,19,21)/t16-,17-/m1/s1. The van der Waals surface area contributed by atoms with E-state index in [1.807, 2.05) is 42.5 Å². The maximum absolute atomic E-state index is 11.8. The molecular weight excluding hydrogens is 278 g/mol. The molecule has 0 radical (unpaired) electrons. The Balaban J connectivity index is 1.55. The van der Waals surface area contributed by atoms with Crippen LogP contribution in [0.25, 0.3) is 10.8 Å². The molecule has 3 rings (SSSR count). The lowest BCUT2D eigenvalue weighted by molar-refractivity contribution is -0.123. The van der Waals surface area contributed by atoms with Gasteiger partial charge < -0.3 is 15.2 Å². The van der Waals surface area contributed by atoms with Gasteiger partial charge in [0.15, 0.2) is 0 Å². The van der Waals surface area contributed by atoms with Gasteiger partial charge in [0.05, 0.1) is 18.6 Å². The molecular formula is C18H21NO3. The van der Waals surface area contributed by atoms with E-state index in [0.717, 1.165) is 35.8 Å². The molecule has 0 bridgehead atoms. The monoisotopic (exact) mass is 299 g/mol. The maximum atomic E-state index is 11.8. The van der Waals surface area contributed by atoms with Crippen LogP contribution in [-0.4, -0.2) is 30.3 Å². The van der Waals surface area contributed by atoms with Crippen molar-refractivity contribution in [3.8, 4) is 0 Å². The number of nitrogens with one attached hydrogen (secondary N) is 1. The summed E-state index contributed by atoms with van der Waals surface area (Å²) in [5.74, 6) is -0.0632. The third-order valence-corrected chi connectivity index (χ3v) is 4.09. The van der Waals surface area contributed by atoms with Crippen LogP contribution in [0.3, 0.4) is 0 Å². The Morgan fingerprint density at radius 2 is 2.09 bits per heavy atom. The molecule has 22 heavy (non-hydrogen) atoms. The van der Waals surface area contributed by atoms with Gasteiger partial charge in [0, 0.05) is 13.2 Å². The molecule has 1 heterocycles. The van der Waals surface area contributed by atoms with Crippen molar-refractivity contribution in [1.82, 2.24) is 5.32 Å². The number of ether oxygens (including phenoxy) is 1. The van der Waals surface area contributed by atoms with E-state index in [0.29, 0.717) is 6.42 Å². The summed E-state index contributed by atoms with van der Waals surface area (Å²) < 4.78 is 5.44.